The Bertz CT molecular complexity index is 502. The molecule has 0 unspecified atom stereocenters. The van der Waals surface area contributed by atoms with Crippen molar-refractivity contribution in [2.75, 3.05) is 5.32 Å². The number of aromatic nitrogens is 2. The zero-order chi connectivity index (χ0) is 11.4. The van der Waals surface area contributed by atoms with E-state index in [4.69, 9.17) is 0 Å². The Labute approximate surface area is 98.2 Å². The summed E-state index contributed by atoms with van der Waals surface area (Å²) in [7, 11) is 0. The topological polar surface area (TPSA) is 54.9 Å². The predicted octanol–water partition coefficient (Wildman–Crippen LogP) is 2.02. The van der Waals surface area contributed by atoms with Gasteiger partial charge in [0.05, 0.1) is 11.9 Å². The Hall–Kier alpha value is -1.88. The van der Waals surface area contributed by atoms with Crippen LogP contribution in [0.4, 0.5) is 5.69 Å². The van der Waals surface area contributed by atoms with Gasteiger partial charge in [-0.05, 0) is 12.1 Å². The molecule has 0 aliphatic heterocycles. The third-order valence-electron chi connectivity index (χ3n) is 1.95. The van der Waals surface area contributed by atoms with Gasteiger partial charge in [0.25, 0.3) is 5.91 Å². The first-order chi connectivity index (χ1) is 7.77. The fourth-order valence-corrected chi connectivity index (χ4v) is 1.40. The van der Waals surface area contributed by atoms with Crippen molar-refractivity contribution >= 4 is 24.2 Å². The number of rotatable bonds is 2. The molecule has 0 saturated heterocycles. The van der Waals surface area contributed by atoms with Crippen LogP contribution in [0.5, 0.6) is 0 Å². The number of hydrogen-bond donors (Lipinski definition) is 2. The molecule has 0 spiro atoms. The van der Waals surface area contributed by atoms with Gasteiger partial charge in [0, 0.05) is 17.3 Å². The molecule has 0 atom stereocenters. The van der Waals surface area contributed by atoms with Crippen LogP contribution in [-0.2, 0) is 0 Å². The number of carbonyl (C=O) groups is 1. The molecule has 0 radical (unpaired) electrons. The van der Waals surface area contributed by atoms with Gasteiger partial charge in [-0.1, -0.05) is 12.1 Å². The lowest BCUT2D eigenvalue weighted by Crippen LogP contribution is -2.14. The van der Waals surface area contributed by atoms with Crippen LogP contribution in [0.1, 0.15) is 10.5 Å². The van der Waals surface area contributed by atoms with E-state index in [0.717, 1.165) is 0 Å². The largest absolute Gasteiger partial charge is 0.320 e. The summed E-state index contributed by atoms with van der Waals surface area (Å²) in [4.78, 5) is 20.2. The highest BCUT2D eigenvalue weighted by Crippen LogP contribution is 2.18. The molecule has 0 aliphatic rings. The number of hydrogen-bond acceptors (Lipinski definition) is 4. The fraction of sp³-hybridized carbons (Fsp3) is 0. The highest BCUT2D eigenvalue weighted by molar-refractivity contribution is 7.80. The van der Waals surface area contributed by atoms with Crippen LogP contribution in [0.3, 0.4) is 0 Å². The summed E-state index contributed by atoms with van der Waals surface area (Å²) in [6.45, 7) is 0. The van der Waals surface area contributed by atoms with Gasteiger partial charge in [-0.25, -0.2) is 4.98 Å². The van der Waals surface area contributed by atoms with Crippen LogP contribution >= 0.6 is 12.6 Å². The van der Waals surface area contributed by atoms with E-state index in [1.165, 1.54) is 18.6 Å². The lowest BCUT2D eigenvalue weighted by Gasteiger charge is -2.06. The summed E-state index contributed by atoms with van der Waals surface area (Å²) in [5.41, 5.74) is 0.931. The molecule has 0 bridgehead atoms. The van der Waals surface area contributed by atoms with Crippen LogP contribution in [0, 0.1) is 0 Å². The van der Waals surface area contributed by atoms with Gasteiger partial charge in [0.1, 0.15) is 5.69 Å². The standard InChI is InChI=1S/C11H9N3OS/c15-11(9-7-12-5-6-13-9)14-8-3-1-2-4-10(8)16/h1-7,16H,(H,14,15). The number of carbonyl (C=O) groups excluding carboxylic acids is 1. The predicted molar refractivity (Wildman–Crippen MR) is 63.7 cm³/mol. The molecular formula is C11H9N3OS. The van der Waals surface area contributed by atoms with E-state index in [0.29, 0.717) is 10.6 Å². The van der Waals surface area contributed by atoms with Crippen LogP contribution < -0.4 is 5.32 Å². The van der Waals surface area contributed by atoms with Gasteiger partial charge >= 0.3 is 0 Å². The minimum absolute atomic E-state index is 0.277. The molecule has 4 nitrogen and oxygen atoms in total. The molecule has 0 aliphatic carbocycles. The molecular weight excluding hydrogens is 222 g/mol. The summed E-state index contributed by atoms with van der Waals surface area (Å²) in [6, 6.07) is 7.25. The van der Waals surface area contributed by atoms with Gasteiger partial charge in [-0.2, -0.15) is 0 Å². The Morgan fingerprint density at radius 2 is 2.06 bits per heavy atom. The zero-order valence-corrected chi connectivity index (χ0v) is 9.19. The van der Waals surface area contributed by atoms with Crippen molar-refractivity contribution in [1.29, 1.82) is 0 Å². The first kappa shape index (κ1) is 10.6. The zero-order valence-electron chi connectivity index (χ0n) is 8.29. The molecule has 1 aromatic heterocycles. The van der Waals surface area contributed by atoms with E-state index in [2.05, 4.69) is 27.9 Å². The Balaban J connectivity index is 2.18. The maximum Gasteiger partial charge on any atom is 0.275 e. The SMILES string of the molecule is O=C(Nc1ccccc1S)c1cnccn1. The third-order valence-corrected chi connectivity index (χ3v) is 2.34. The van der Waals surface area contributed by atoms with E-state index in [1.54, 1.807) is 12.1 Å². The number of anilines is 1. The Morgan fingerprint density at radius 3 is 2.75 bits per heavy atom. The van der Waals surface area contributed by atoms with Crippen molar-refractivity contribution in [3.8, 4) is 0 Å². The first-order valence-electron chi connectivity index (χ1n) is 4.63. The van der Waals surface area contributed by atoms with E-state index in [1.807, 2.05) is 12.1 Å². The number of benzene rings is 1. The second kappa shape index (κ2) is 4.76. The smallest absolute Gasteiger partial charge is 0.275 e. The lowest BCUT2D eigenvalue weighted by molar-refractivity contribution is 0.102. The van der Waals surface area contributed by atoms with Crippen molar-refractivity contribution in [2.24, 2.45) is 0 Å². The van der Waals surface area contributed by atoms with Crippen molar-refractivity contribution < 1.29 is 4.79 Å². The van der Waals surface area contributed by atoms with Gasteiger partial charge in [0.15, 0.2) is 0 Å². The Kier molecular flexibility index (Phi) is 3.16. The molecule has 1 aromatic carbocycles. The van der Waals surface area contributed by atoms with E-state index < -0.39 is 0 Å². The number of amides is 1. The van der Waals surface area contributed by atoms with E-state index in [9.17, 15) is 4.79 Å². The summed E-state index contributed by atoms with van der Waals surface area (Å²) in [5, 5.41) is 2.71. The molecule has 2 rings (SSSR count). The van der Waals surface area contributed by atoms with Crippen LogP contribution in [0.15, 0.2) is 47.8 Å². The number of para-hydroxylation sites is 1. The minimum Gasteiger partial charge on any atom is -0.320 e. The average molecular weight is 231 g/mol. The molecule has 2 aromatic rings. The first-order valence-corrected chi connectivity index (χ1v) is 5.07. The van der Waals surface area contributed by atoms with Crippen molar-refractivity contribution in [3.05, 3.63) is 48.5 Å². The lowest BCUT2D eigenvalue weighted by atomic mass is 10.3. The van der Waals surface area contributed by atoms with E-state index in [-0.39, 0.29) is 11.6 Å². The van der Waals surface area contributed by atoms with Gasteiger partial charge in [0.2, 0.25) is 0 Å². The van der Waals surface area contributed by atoms with Crippen molar-refractivity contribution in [3.63, 3.8) is 0 Å². The molecule has 5 heteroatoms. The van der Waals surface area contributed by atoms with E-state index >= 15 is 0 Å². The highest BCUT2D eigenvalue weighted by atomic mass is 32.1. The average Bonchev–Trinajstić information content (AvgIpc) is 2.33. The Morgan fingerprint density at radius 1 is 1.25 bits per heavy atom. The molecule has 1 heterocycles. The normalized spacial score (nSPS) is 9.81. The summed E-state index contributed by atoms with van der Waals surface area (Å²) in [5.74, 6) is -0.297. The van der Waals surface area contributed by atoms with Crippen LogP contribution in [0.25, 0.3) is 0 Å². The summed E-state index contributed by atoms with van der Waals surface area (Å²) >= 11 is 4.23. The number of thiol groups is 1. The summed E-state index contributed by atoms with van der Waals surface area (Å²) in [6.07, 6.45) is 4.40. The molecule has 0 saturated carbocycles. The van der Waals surface area contributed by atoms with Crippen LogP contribution in [0.2, 0.25) is 0 Å². The summed E-state index contributed by atoms with van der Waals surface area (Å²) < 4.78 is 0. The number of nitrogens with one attached hydrogen (secondary N) is 1. The quantitative estimate of drug-likeness (QED) is 0.777. The van der Waals surface area contributed by atoms with Crippen molar-refractivity contribution in [1.82, 2.24) is 9.97 Å². The second-order valence-electron chi connectivity index (χ2n) is 3.06. The van der Waals surface area contributed by atoms with Gasteiger partial charge in [-0.15, -0.1) is 12.6 Å². The molecule has 16 heavy (non-hydrogen) atoms. The molecule has 80 valence electrons. The molecule has 1 amide bonds. The fourth-order valence-electron chi connectivity index (χ4n) is 1.18. The maximum absolute atomic E-state index is 11.7. The van der Waals surface area contributed by atoms with Crippen LogP contribution in [-0.4, -0.2) is 15.9 Å². The second-order valence-corrected chi connectivity index (χ2v) is 3.54. The third kappa shape index (κ3) is 2.38. The maximum atomic E-state index is 11.7. The highest BCUT2D eigenvalue weighted by Gasteiger charge is 2.08. The van der Waals surface area contributed by atoms with Gasteiger partial charge in [-0.3, -0.25) is 9.78 Å². The molecule has 0 fully saturated rings. The molecule has 1 N–H and O–H groups in total. The monoisotopic (exact) mass is 231 g/mol. The van der Waals surface area contributed by atoms with Gasteiger partial charge < -0.3 is 5.32 Å². The minimum atomic E-state index is -0.297. The van der Waals surface area contributed by atoms with Crippen molar-refractivity contribution in [2.45, 2.75) is 4.90 Å². The number of nitrogens with zero attached hydrogens (tertiary/aromatic N) is 2.